The molecule has 6 nitrogen and oxygen atoms in total. The Kier molecular flexibility index (Phi) is 6.44. The lowest BCUT2D eigenvalue weighted by molar-refractivity contribution is 0.171. The summed E-state index contributed by atoms with van der Waals surface area (Å²) >= 11 is 6.18. The molecule has 2 amide bonds. The van der Waals surface area contributed by atoms with E-state index in [1.165, 1.54) is 0 Å². The van der Waals surface area contributed by atoms with Gasteiger partial charge in [0.05, 0.1) is 11.6 Å². The number of urea groups is 1. The molecule has 0 spiro atoms. The number of ether oxygens (including phenoxy) is 3. The standard InChI is InChI=1S/C19H21ClN2O4/c20-16-11-14(12-17-18(16)26-10-9-25-17)13-22-19(23)21-7-4-8-24-15-5-2-1-3-6-15/h1-3,5-6,11-12H,4,7-10,13H2,(H2,21,22,23). The molecule has 0 atom stereocenters. The summed E-state index contributed by atoms with van der Waals surface area (Å²) in [7, 11) is 0. The number of hydrogen-bond donors (Lipinski definition) is 2. The second kappa shape index (κ2) is 9.20. The summed E-state index contributed by atoms with van der Waals surface area (Å²) in [6.45, 7) is 2.40. The van der Waals surface area contributed by atoms with Gasteiger partial charge in [0.1, 0.15) is 19.0 Å². The summed E-state index contributed by atoms with van der Waals surface area (Å²) in [4.78, 5) is 11.9. The lowest BCUT2D eigenvalue weighted by Crippen LogP contribution is -2.36. The van der Waals surface area contributed by atoms with Gasteiger partial charge in [-0.3, -0.25) is 0 Å². The molecule has 7 heteroatoms. The van der Waals surface area contributed by atoms with Gasteiger partial charge in [0.15, 0.2) is 11.5 Å². The molecule has 2 aromatic carbocycles. The lowest BCUT2D eigenvalue weighted by atomic mass is 10.2. The number of nitrogens with one attached hydrogen (secondary N) is 2. The van der Waals surface area contributed by atoms with Gasteiger partial charge in [0.2, 0.25) is 0 Å². The van der Waals surface area contributed by atoms with Crippen molar-refractivity contribution in [3.8, 4) is 17.2 Å². The van der Waals surface area contributed by atoms with Crippen molar-refractivity contribution < 1.29 is 19.0 Å². The van der Waals surface area contributed by atoms with Crippen LogP contribution in [0.15, 0.2) is 42.5 Å². The van der Waals surface area contributed by atoms with E-state index >= 15 is 0 Å². The van der Waals surface area contributed by atoms with Gasteiger partial charge in [-0.25, -0.2) is 4.79 Å². The van der Waals surface area contributed by atoms with Crippen LogP contribution in [0.3, 0.4) is 0 Å². The molecule has 0 aromatic heterocycles. The van der Waals surface area contributed by atoms with Crippen LogP contribution < -0.4 is 24.8 Å². The van der Waals surface area contributed by atoms with Crippen molar-refractivity contribution in [1.29, 1.82) is 0 Å². The highest BCUT2D eigenvalue weighted by atomic mass is 35.5. The SMILES string of the molecule is O=C(NCCCOc1ccccc1)NCc1cc(Cl)c2c(c1)OCCO2. The van der Waals surface area contributed by atoms with E-state index in [1.807, 2.05) is 36.4 Å². The van der Waals surface area contributed by atoms with E-state index in [0.717, 1.165) is 17.7 Å². The Morgan fingerprint density at radius 3 is 2.77 bits per heavy atom. The number of amides is 2. The zero-order valence-corrected chi connectivity index (χ0v) is 15.1. The molecule has 2 aromatic rings. The summed E-state index contributed by atoms with van der Waals surface area (Å²) in [6.07, 6.45) is 0.720. The minimum absolute atomic E-state index is 0.240. The molecule has 1 aliphatic heterocycles. The van der Waals surface area contributed by atoms with E-state index in [4.69, 9.17) is 25.8 Å². The second-order valence-corrected chi connectivity index (χ2v) is 6.13. The van der Waals surface area contributed by atoms with Gasteiger partial charge < -0.3 is 24.8 Å². The Balaban J connectivity index is 1.36. The number of rotatable bonds is 7. The van der Waals surface area contributed by atoms with E-state index in [1.54, 1.807) is 6.07 Å². The molecule has 0 bridgehead atoms. The van der Waals surface area contributed by atoms with Gasteiger partial charge in [0.25, 0.3) is 0 Å². The molecule has 0 fully saturated rings. The minimum Gasteiger partial charge on any atom is -0.494 e. The van der Waals surface area contributed by atoms with E-state index in [-0.39, 0.29) is 6.03 Å². The first-order valence-corrected chi connectivity index (χ1v) is 8.88. The smallest absolute Gasteiger partial charge is 0.315 e. The van der Waals surface area contributed by atoms with Crippen LogP contribution in [0.4, 0.5) is 4.79 Å². The van der Waals surface area contributed by atoms with Crippen molar-refractivity contribution in [2.75, 3.05) is 26.4 Å². The largest absolute Gasteiger partial charge is 0.494 e. The van der Waals surface area contributed by atoms with Crippen LogP contribution in [0, 0.1) is 0 Å². The van der Waals surface area contributed by atoms with E-state index in [2.05, 4.69) is 10.6 Å². The lowest BCUT2D eigenvalue weighted by Gasteiger charge is -2.20. The first-order valence-electron chi connectivity index (χ1n) is 8.50. The topological polar surface area (TPSA) is 68.8 Å². The average molecular weight is 377 g/mol. The third kappa shape index (κ3) is 5.20. The van der Waals surface area contributed by atoms with Crippen molar-refractivity contribution in [3.05, 3.63) is 53.1 Å². The summed E-state index contributed by atoms with van der Waals surface area (Å²) in [5, 5.41) is 6.08. The molecule has 2 N–H and O–H groups in total. The second-order valence-electron chi connectivity index (χ2n) is 5.73. The normalized spacial score (nSPS) is 12.3. The van der Waals surface area contributed by atoms with Gasteiger partial charge in [-0.1, -0.05) is 29.8 Å². The van der Waals surface area contributed by atoms with Gasteiger partial charge in [0, 0.05) is 13.1 Å². The van der Waals surface area contributed by atoms with E-state index in [0.29, 0.717) is 49.4 Å². The fraction of sp³-hybridized carbons (Fsp3) is 0.316. The number of para-hydroxylation sites is 1. The van der Waals surface area contributed by atoms with Crippen molar-refractivity contribution in [2.24, 2.45) is 0 Å². The Labute approximate surface area is 157 Å². The Hall–Kier alpha value is -2.60. The minimum atomic E-state index is -0.240. The highest BCUT2D eigenvalue weighted by molar-refractivity contribution is 6.32. The fourth-order valence-corrected chi connectivity index (χ4v) is 2.78. The molecule has 0 saturated carbocycles. The summed E-state index contributed by atoms with van der Waals surface area (Å²) in [5.41, 5.74) is 0.849. The Morgan fingerprint density at radius 2 is 1.92 bits per heavy atom. The summed E-state index contributed by atoms with van der Waals surface area (Å²) in [5.74, 6) is 2.00. The summed E-state index contributed by atoms with van der Waals surface area (Å²) < 4.78 is 16.6. The third-order valence-electron chi connectivity index (χ3n) is 3.73. The van der Waals surface area contributed by atoms with Crippen LogP contribution in [0.5, 0.6) is 17.2 Å². The molecule has 1 aliphatic rings. The Bertz CT molecular complexity index is 740. The third-order valence-corrected chi connectivity index (χ3v) is 4.01. The predicted octanol–water partition coefficient (Wildman–Crippen LogP) is 3.38. The number of benzene rings is 2. The highest BCUT2D eigenvalue weighted by Crippen LogP contribution is 2.38. The van der Waals surface area contributed by atoms with E-state index < -0.39 is 0 Å². The molecule has 138 valence electrons. The first kappa shape index (κ1) is 18.2. The van der Waals surface area contributed by atoms with Crippen LogP contribution in [-0.4, -0.2) is 32.4 Å². The maximum atomic E-state index is 11.9. The number of carbonyl (C=O) groups excluding carboxylic acids is 1. The molecule has 26 heavy (non-hydrogen) atoms. The van der Waals surface area contributed by atoms with Crippen molar-refractivity contribution in [1.82, 2.24) is 10.6 Å². The van der Waals surface area contributed by atoms with Crippen molar-refractivity contribution >= 4 is 17.6 Å². The maximum absolute atomic E-state index is 11.9. The van der Waals surface area contributed by atoms with Gasteiger partial charge in [-0.2, -0.15) is 0 Å². The fourth-order valence-electron chi connectivity index (χ4n) is 2.49. The molecular weight excluding hydrogens is 356 g/mol. The highest BCUT2D eigenvalue weighted by Gasteiger charge is 2.16. The first-order chi connectivity index (χ1) is 12.7. The van der Waals surface area contributed by atoms with Crippen LogP contribution in [0.1, 0.15) is 12.0 Å². The van der Waals surface area contributed by atoms with Gasteiger partial charge in [-0.15, -0.1) is 0 Å². The van der Waals surface area contributed by atoms with Crippen molar-refractivity contribution in [3.63, 3.8) is 0 Å². The quantitative estimate of drug-likeness (QED) is 0.727. The van der Waals surface area contributed by atoms with Crippen LogP contribution in [-0.2, 0) is 6.54 Å². The number of hydrogen-bond acceptors (Lipinski definition) is 4. The van der Waals surface area contributed by atoms with Crippen LogP contribution >= 0.6 is 11.6 Å². The molecular formula is C19H21ClN2O4. The number of fused-ring (bicyclic) bond motifs is 1. The maximum Gasteiger partial charge on any atom is 0.315 e. The van der Waals surface area contributed by atoms with Gasteiger partial charge >= 0.3 is 6.03 Å². The molecule has 0 saturated heterocycles. The van der Waals surface area contributed by atoms with E-state index in [9.17, 15) is 4.79 Å². The monoisotopic (exact) mass is 376 g/mol. The van der Waals surface area contributed by atoms with Crippen LogP contribution in [0.2, 0.25) is 5.02 Å². The molecule has 1 heterocycles. The molecule has 0 radical (unpaired) electrons. The molecule has 3 rings (SSSR count). The number of halogens is 1. The van der Waals surface area contributed by atoms with Crippen molar-refractivity contribution in [2.45, 2.75) is 13.0 Å². The zero-order valence-electron chi connectivity index (χ0n) is 14.3. The molecule has 0 unspecified atom stereocenters. The molecule has 0 aliphatic carbocycles. The number of carbonyl (C=O) groups is 1. The van der Waals surface area contributed by atoms with Crippen LogP contribution in [0.25, 0.3) is 0 Å². The average Bonchev–Trinajstić information content (AvgIpc) is 2.67. The zero-order chi connectivity index (χ0) is 18.2. The Morgan fingerprint density at radius 1 is 1.12 bits per heavy atom. The summed E-state index contributed by atoms with van der Waals surface area (Å²) in [6, 6.07) is 12.9. The predicted molar refractivity (Wildman–Crippen MR) is 99.2 cm³/mol. The van der Waals surface area contributed by atoms with Gasteiger partial charge in [-0.05, 0) is 36.2 Å².